The summed E-state index contributed by atoms with van der Waals surface area (Å²) in [7, 11) is 0. The fourth-order valence-corrected chi connectivity index (χ4v) is 4.24. The van der Waals surface area contributed by atoms with Gasteiger partial charge in [0.1, 0.15) is 0 Å². The van der Waals surface area contributed by atoms with Gasteiger partial charge < -0.3 is 5.11 Å². The average molecular weight is 346 g/mol. The summed E-state index contributed by atoms with van der Waals surface area (Å²) in [5.41, 5.74) is 0. The van der Waals surface area contributed by atoms with E-state index in [4.69, 9.17) is 0 Å². The highest BCUT2D eigenvalue weighted by atomic mass is 79.9. The van der Waals surface area contributed by atoms with Gasteiger partial charge in [-0.2, -0.15) is 0 Å². The monoisotopic (exact) mass is 345 g/mol. The summed E-state index contributed by atoms with van der Waals surface area (Å²) in [5, 5.41) is 11.1. The second kappa shape index (κ2) is 7.53. The molecule has 0 aromatic carbocycles. The molecule has 106 valence electrons. The number of nitrogens with zero attached hydrogens (tertiary/aromatic N) is 1. The Morgan fingerprint density at radius 1 is 1.42 bits per heavy atom. The molecule has 3 nitrogen and oxygen atoms in total. The number of hydrogen-bond acceptors (Lipinski definition) is 4. The van der Waals surface area contributed by atoms with Crippen LogP contribution >= 0.6 is 27.3 Å². The van der Waals surface area contributed by atoms with Crippen LogP contribution in [-0.4, -0.2) is 41.5 Å². The number of thiophene rings is 1. The van der Waals surface area contributed by atoms with Gasteiger partial charge in [-0.15, -0.1) is 11.3 Å². The van der Waals surface area contributed by atoms with Gasteiger partial charge in [0.15, 0.2) is 5.78 Å². The maximum absolute atomic E-state index is 12.3. The van der Waals surface area contributed by atoms with Crippen molar-refractivity contribution in [3.8, 4) is 0 Å². The summed E-state index contributed by atoms with van der Waals surface area (Å²) < 4.78 is 0.884. The molecule has 1 fully saturated rings. The standard InChI is InChI=1S/C14H20BrNO2S/c15-12-6-9-19-14(12)13(18)10-16(7-8-17)11-4-2-1-3-5-11/h6,9,11,17H,1-5,7-8,10H2. The van der Waals surface area contributed by atoms with Crippen LogP contribution in [0.25, 0.3) is 0 Å². The molecule has 0 unspecified atom stereocenters. The third-order valence-corrected chi connectivity index (χ3v) is 5.57. The van der Waals surface area contributed by atoms with Crippen LogP contribution < -0.4 is 0 Å². The van der Waals surface area contributed by atoms with Gasteiger partial charge in [-0.05, 0) is 40.2 Å². The third kappa shape index (κ3) is 4.12. The summed E-state index contributed by atoms with van der Waals surface area (Å²) in [6.45, 7) is 1.14. The first-order chi connectivity index (χ1) is 9.22. The smallest absolute Gasteiger partial charge is 0.187 e. The quantitative estimate of drug-likeness (QED) is 0.804. The van der Waals surface area contributed by atoms with E-state index in [1.165, 1.54) is 30.6 Å². The van der Waals surface area contributed by atoms with Gasteiger partial charge in [-0.3, -0.25) is 9.69 Å². The van der Waals surface area contributed by atoms with Crippen molar-refractivity contribution in [2.75, 3.05) is 19.7 Å². The molecule has 0 spiro atoms. The molecule has 1 saturated carbocycles. The highest BCUT2D eigenvalue weighted by Crippen LogP contribution is 2.26. The van der Waals surface area contributed by atoms with Crippen molar-refractivity contribution in [2.45, 2.75) is 38.1 Å². The zero-order valence-electron chi connectivity index (χ0n) is 11.0. The van der Waals surface area contributed by atoms with Crippen molar-refractivity contribution < 1.29 is 9.90 Å². The number of halogens is 1. The Morgan fingerprint density at radius 2 is 2.16 bits per heavy atom. The lowest BCUT2D eigenvalue weighted by atomic mass is 9.94. The first-order valence-corrected chi connectivity index (χ1v) is 8.50. The van der Waals surface area contributed by atoms with Crippen molar-refractivity contribution in [1.29, 1.82) is 0 Å². The molecular weight excluding hydrogens is 326 g/mol. The lowest BCUT2D eigenvalue weighted by molar-refractivity contribution is 0.0818. The van der Waals surface area contributed by atoms with E-state index in [0.717, 1.165) is 22.2 Å². The number of carbonyl (C=O) groups excluding carboxylic acids is 1. The largest absolute Gasteiger partial charge is 0.395 e. The van der Waals surface area contributed by atoms with Gasteiger partial charge in [0.25, 0.3) is 0 Å². The van der Waals surface area contributed by atoms with Crippen LogP contribution in [0.3, 0.4) is 0 Å². The van der Waals surface area contributed by atoms with Gasteiger partial charge >= 0.3 is 0 Å². The zero-order chi connectivity index (χ0) is 13.7. The summed E-state index contributed by atoms with van der Waals surface area (Å²) in [6.07, 6.45) is 6.08. The minimum absolute atomic E-state index is 0.120. The van der Waals surface area contributed by atoms with Crippen LogP contribution in [0, 0.1) is 0 Å². The molecule has 1 heterocycles. The molecular formula is C14H20BrNO2S. The fourth-order valence-electron chi connectivity index (χ4n) is 2.71. The summed E-state index contributed by atoms with van der Waals surface area (Å²) >= 11 is 4.89. The molecule has 0 aliphatic heterocycles. The number of ketones is 1. The van der Waals surface area contributed by atoms with E-state index < -0.39 is 0 Å². The lowest BCUT2D eigenvalue weighted by Crippen LogP contribution is -2.41. The molecule has 1 aliphatic rings. The van der Waals surface area contributed by atoms with Crippen LogP contribution in [0.2, 0.25) is 0 Å². The Bertz CT molecular complexity index is 415. The van der Waals surface area contributed by atoms with Crippen LogP contribution in [0.1, 0.15) is 41.8 Å². The van der Waals surface area contributed by atoms with E-state index in [-0.39, 0.29) is 12.4 Å². The van der Waals surface area contributed by atoms with E-state index >= 15 is 0 Å². The van der Waals surface area contributed by atoms with Crippen LogP contribution in [0.5, 0.6) is 0 Å². The minimum atomic E-state index is 0.120. The molecule has 1 aliphatic carbocycles. The predicted octanol–water partition coefficient (Wildman–Crippen LogP) is 3.32. The Balaban J connectivity index is 1.99. The highest BCUT2D eigenvalue weighted by Gasteiger charge is 2.24. The van der Waals surface area contributed by atoms with Crippen LogP contribution in [-0.2, 0) is 0 Å². The maximum atomic E-state index is 12.3. The number of aliphatic hydroxyl groups excluding tert-OH is 1. The molecule has 2 rings (SSSR count). The Kier molecular flexibility index (Phi) is 6.01. The zero-order valence-corrected chi connectivity index (χ0v) is 13.4. The Morgan fingerprint density at radius 3 is 2.74 bits per heavy atom. The summed E-state index contributed by atoms with van der Waals surface area (Å²) in [4.78, 5) is 15.3. The summed E-state index contributed by atoms with van der Waals surface area (Å²) in [6, 6.07) is 2.37. The topological polar surface area (TPSA) is 40.5 Å². The number of carbonyl (C=O) groups is 1. The van der Waals surface area contributed by atoms with E-state index in [0.29, 0.717) is 19.1 Å². The maximum Gasteiger partial charge on any atom is 0.187 e. The van der Waals surface area contributed by atoms with E-state index in [2.05, 4.69) is 20.8 Å². The first kappa shape index (κ1) is 15.2. The molecule has 0 radical (unpaired) electrons. The second-order valence-electron chi connectivity index (χ2n) is 5.01. The molecule has 1 aromatic heterocycles. The van der Waals surface area contributed by atoms with Crippen LogP contribution in [0.15, 0.2) is 15.9 Å². The van der Waals surface area contributed by atoms with E-state index in [1.54, 1.807) is 0 Å². The van der Waals surface area contributed by atoms with Crippen molar-refractivity contribution in [1.82, 2.24) is 4.90 Å². The molecule has 0 atom stereocenters. The summed E-state index contributed by atoms with van der Waals surface area (Å²) in [5.74, 6) is 0.154. The Labute approximate surface area is 126 Å². The van der Waals surface area contributed by atoms with Gasteiger partial charge in [0.2, 0.25) is 0 Å². The van der Waals surface area contributed by atoms with E-state index in [1.807, 2.05) is 11.4 Å². The van der Waals surface area contributed by atoms with Crippen molar-refractivity contribution in [2.24, 2.45) is 0 Å². The van der Waals surface area contributed by atoms with Gasteiger partial charge in [0.05, 0.1) is 18.0 Å². The van der Waals surface area contributed by atoms with E-state index in [9.17, 15) is 9.90 Å². The molecule has 0 amide bonds. The van der Waals surface area contributed by atoms with Gasteiger partial charge in [0, 0.05) is 17.1 Å². The average Bonchev–Trinajstić information content (AvgIpc) is 2.85. The van der Waals surface area contributed by atoms with Gasteiger partial charge in [-0.1, -0.05) is 19.3 Å². The normalized spacial score (nSPS) is 17.0. The van der Waals surface area contributed by atoms with Gasteiger partial charge in [-0.25, -0.2) is 0 Å². The molecule has 1 N–H and O–H groups in total. The van der Waals surface area contributed by atoms with Crippen molar-refractivity contribution in [3.63, 3.8) is 0 Å². The SMILES string of the molecule is O=C(CN(CCO)C1CCCCC1)c1sccc1Br. The molecule has 0 bridgehead atoms. The molecule has 0 saturated heterocycles. The minimum Gasteiger partial charge on any atom is -0.395 e. The molecule has 19 heavy (non-hydrogen) atoms. The highest BCUT2D eigenvalue weighted by molar-refractivity contribution is 9.10. The van der Waals surface area contributed by atoms with Crippen molar-refractivity contribution in [3.05, 3.63) is 20.8 Å². The number of rotatable bonds is 6. The first-order valence-electron chi connectivity index (χ1n) is 6.83. The lowest BCUT2D eigenvalue weighted by Gasteiger charge is -2.33. The molecule has 5 heteroatoms. The fraction of sp³-hybridized carbons (Fsp3) is 0.643. The second-order valence-corrected chi connectivity index (χ2v) is 6.78. The predicted molar refractivity (Wildman–Crippen MR) is 81.9 cm³/mol. The number of aliphatic hydroxyl groups is 1. The molecule has 1 aromatic rings. The third-order valence-electron chi connectivity index (χ3n) is 3.70. The number of hydrogen-bond donors (Lipinski definition) is 1. The number of Topliss-reactive ketones (excluding diaryl/α,β-unsaturated/α-hetero) is 1. The Hall–Kier alpha value is -0.230. The van der Waals surface area contributed by atoms with Crippen LogP contribution in [0.4, 0.5) is 0 Å². The van der Waals surface area contributed by atoms with Crippen molar-refractivity contribution >= 4 is 33.0 Å².